The van der Waals surface area contributed by atoms with Gasteiger partial charge in [-0.25, -0.2) is 9.66 Å². The number of hydrogen-bond donors (Lipinski definition) is 3. The number of benzene rings is 4. The average molecular weight is 579 g/mol. The van der Waals surface area contributed by atoms with Crippen LogP contribution in [0, 0.1) is 0 Å². The first kappa shape index (κ1) is 26.6. The standard InChI is InChI=1S/C29H22Cl3N5O2/c30-19-8-5-9-20(16-19)34-27(38)17-33-37-26(35-25-14-4-2-10-21(25)29(37)39)15-18-7-1-3-13-24(18)36-28-22(31)11-6-12-23(28)32/h1-14,16,33,36H,15,17H2,(H,34,38). The molecule has 196 valence electrons. The number of halogens is 3. The SMILES string of the molecule is O=C(CNn1c(Cc2ccccc2Nc2c(Cl)cccc2Cl)nc2ccccc2c1=O)Nc1cccc(Cl)c1. The Hall–Kier alpha value is -4.04. The van der Waals surface area contributed by atoms with Crippen LogP contribution in [-0.2, 0) is 11.2 Å². The lowest BCUT2D eigenvalue weighted by atomic mass is 10.1. The minimum atomic E-state index is -0.348. The van der Waals surface area contributed by atoms with Crippen molar-refractivity contribution in [3.05, 3.63) is 128 Å². The van der Waals surface area contributed by atoms with Gasteiger partial charge in [0.1, 0.15) is 12.4 Å². The first-order chi connectivity index (χ1) is 18.9. The number of para-hydroxylation sites is 3. The quantitative estimate of drug-likeness (QED) is 0.187. The molecule has 7 nitrogen and oxygen atoms in total. The number of amides is 1. The van der Waals surface area contributed by atoms with Crippen LogP contribution in [0.15, 0.2) is 95.8 Å². The minimum absolute atomic E-state index is 0.172. The number of aromatic nitrogens is 2. The zero-order chi connectivity index (χ0) is 27.4. The van der Waals surface area contributed by atoms with E-state index in [9.17, 15) is 9.59 Å². The van der Waals surface area contributed by atoms with Crippen molar-refractivity contribution in [2.75, 3.05) is 22.6 Å². The van der Waals surface area contributed by atoms with Crippen LogP contribution in [0.3, 0.4) is 0 Å². The van der Waals surface area contributed by atoms with Crippen molar-refractivity contribution in [3.8, 4) is 0 Å². The number of nitrogens with zero attached hydrogens (tertiary/aromatic N) is 2. The molecule has 0 radical (unpaired) electrons. The molecule has 0 unspecified atom stereocenters. The molecule has 4 aromatic carbocycles. The van der Waals surface area contributed by atoms with E-state index >= 15 is 0 Å². The zero-order valence-electron chi connectivity index (χ0n) is 20.4. The summed E-state index contributed by atoms with van der Waals surface area (Å²) in [5.41, 5.74) is 5.91. The third-order valence-electron chi connectivity index (χ3n) is 5.94. The van der Waals surface area contributed by atoms with E-state index < -0.39 is 0 Å². The molecule has 1 amide bonds. The molecule has 5 aromatic rings. The van der Waals surface area contributed by atoms with Gasteiger partial charge >= 0.3 is 0 Å². The summed E-state index contributed by atoms with van der Waals surface area (Å²) in [6.45, 7) is -0.172. The molecular formula is C29H22Cl3N5O2. The van der Waals surface area contributed by atoms with E-state index in [0.717, 1.165) is 11.3 Å². The smallest absolute Gasteiger partial charge is 0.279 e. The van der Waals surface area contributed by atoms with Gasteiger partial charge in [-0.2, -0.15) is 0 Å². The fourth-order valence-corrected chi connectivity index (χ4v) is 4.78. The number of nitrogens with one attached hydrogen (secondary N) is 3. The second-order valence-corrected chi connectivity index (χ2v) is 9.89. The van der Waals surface area contributed by atoms with Crippen LogP contribution >= 0.6 is 34.8 Å². The van der Waals surface area contributed by atoms with Crippen LogP contribution in [-0.4, -0.2) is 22.1 Å². The topological polar surface area (TPSA) is 88.1 Å². The lowest BCUT2D eigenvalue weighted by molar-refractivity contribution is -0.114. The van der Waals surface area contributed by atoms with Gasteiger partial charge in [0.15, 0.2) is 0 Å². The Kier molecular flexibility index (Phi) is 8.02. The highest BCUT2D eigenvalue weighted by Gasteiger charge is 2.15. The summed E-state index contributed by atoms with van der Waals surface area (Å²) in [6.07, 6.45) is 0.272. The maximum absolute atomic E-state index is 13.5. The van der Waals surface area contributed by atoms with Gasteiger partial charge in [0, 0.05) is 22.8 Å². The molecule has 0 atom stereocenters. The highest BCUT2D eigenvalue weighted by molar-refractivity contribution is 6.39. The van der Waals surface area contributed by atoms with Gasteiger partial charge in [-0.1, -0.05) is 77.3 Å². The van der Waals surface area contributed by atoms with E-state index in [4.69, 9.17) is 39.8 Å². The van der Waals surface area contributed by atoms with Crippen LogP contribution in [0.1, 0.15) is 11.4 Å². The first-order valence-corrected chi connectivity index (χ1v) is 13.1. The van der Waals surface area contributed by atoms with Crippen LogP contribution in [0.4, 0.5) is 17.1 Å². The number of hydrogen-bond acceptors (Lipinski definition) is 5. The minimum Gasteiger partial charge on any atom is -0.353 e. The molecule has 5 rings (SSSR count). The molecule has 0 aliphatic carbocycles. The normalized spacial score (nSPS) is 10.8. The molecule has 1 aromatic heterocycles. The van der Waals surface area contributed by atoms with Gasteiger partial charge in [0.05, 0.1) is 26.6 Å². The van der Waals surface area contributed by atoms with Crippen molar-refractivity contribution >= 4 is 68.7 Å². The Labute approximate surface area is 239 Å². The van der Waals surface area contributed by atoms with Crippen LogP contribution in [0.5, 0.6) is 0 Å². The summed E-state index contributed by atoms with van der Waals surface area (Å²) in [6, 6.07) is 26.8. The van der Waals surface area contributed by atoms with E-state index in [1.165, 1.54) is 4.68 Å². The molecule has 3 N–H and O–H groups in total. The van der Waals surface area contributed by atoms with Crippen LogP contribution < -0.4 is 21.6 Å². The average Bonchev–Trinajstić information content (AvgIpc) is 2.91. The van der Waals surface area contributed by atoms with Gasteiger partial charge < -0.3 is 16.1 Å². The largest absolute Gasteiger partial charge is 0.353 e. The van der Waals surface area contributed by atoms with Crippen molar-refractivity contribution in [3.63, 3.8) is 0 Å². The molecule has 0 spiro atoms. The molecule has 0 bridgehead atoms. The van der Waals surface area contributed by atoms with Gasteiger partial charge in [-0.3, -0.25) is 9.59 Å². The fourth-order valence-electron chi connectivity index (χ4n) is 4.10. The number of carbonyl (C=O) groups excluding carboxylic acids is 1. The predicted molar refractivity (Wildman–Crippen MR) is 159 cm³/mol. The molecule has 0 aliphatic heterocycles. The Balaban J connectivity index is 1.46. The maximum atomic E-state index is 13.5. The summed E-state index contributed by atoms with van der Waals surface area (Å²) < 4.78 is 1.32. The summed E-state index contributed by atoms with van der Waals surface area (Å²) in [5, 5.41) is 7.96. The summed E-state index contributed by atoms with van der Waals surface area (Å²) >= 11 is 18.8. The third-order valence-corrected chi connectivity index (χ3v) is 6.80. The number of carbonyl (C=O) groups is 1. The van der Waals surface area contributed by atoms with Crippen molar-refractivity contribution in [2.45, 2.75) is 6.42 Å². The summed E-state index contributed by atoms with van der Waals surface area (Å²) in [7, 11) is 0. The second-order valence-electron chi connectivity index (χ2n) is 8.63. The van der Waals surface area contributed by atoms with Crippen molar-refractivity contribution in [1.29, 1.82) is 0 Å². The van der Waals surface area contributed by atoms with E-state index in [-0.39, 0.29) is 24.4 Å². The van der Waals surface area contributed by atoms with E-state index in [2.05, 4.69) is 16.1 Å². The Morgan fingerprint density at radius 1 is 0.846 bits per heavy atom. The van der Waals surface area contributed by atoms with Crippen LogP contribution in [0.2, 0.25) is 15.1 Å². The van der Waals surface area contributed by atoms with Crippen LogP contribution in [0.25, 0.3) is 10.9 Å². The highest BCUT2D eigenvalue weighted by atomic mass is 35.5. The Morgan fingerprint density at radius 2 is 1.56 bits per heavy atom. The summed E-state index contributed by atoms with van der Waals surface area (Å²) in [5.74, 6) is 0.0764. The Bertz CT molecular complexity index is 1720. The van der Waals surface area contributed by atoms with Gasteiger partial charge in [-0.05, 0) is 54.1 Å². The van der Waals surface area contributed by atoms with Gasteiger partial charge in [-0.15, -0.1) is 0 Å². The maximum Gasteiger partial charge on any atom is 0.279 e. The van der Waals surface area contributed by atoms with E-state index in [1.807, 2.05) is 30.3 Å². The molecule has 0 aliphatic rings. The molecule has 0 saturated heterocycles. The molecule has 0 saturated carbocycles. The molecule has 0 fully saturated rings. The van der Waals surface area contributed by atoms with Crippen molar-refractivity contribution in [1.82, 2.24) is 9.66 Å². The predicted octanol–water partition coefficient (Wildman–Crippen LogP) is 6.87. The van der Waals surface area contributed by atoms with Crippen molar-refractivity contribution < 1.29 is 4.79 Å². The number of fused-ring (bicyclic) bond motifs is 1. The molecular weight excluding hydrogens is 557 g/mol. The monoisotopic (exact) mass is 577 g/mol. The van der Waals surface area contributed by atoms with Gasteiger partial charge in [0.2, 0.25) is 5.91 Å². The second kappa shape index (κ2) is 11.8. The molecule has 1 heterocycles. The number of rotatable bonds is 8. The van der Waals surface area contributed by atoms with Gasteiger partial charge in [0.25, 0.3) is 5.56 Å². The third kappa shape index (κ3) is 6.17. The lowest BCUT2D eigenvalue weighted by Gasteiger charge is -2.18. The summed E-state index contributed by atoms with van der Waals surface area (Å²) in [4.78, 5) is 30.9. The highest BCUT2D eigenvalue weighted by Crippen LogP contribution is 2.34. The Morgan fingerprint density at radius 3 is 2.36 bits per heavy atom. The number of anilines is 3. The lowest BCUT2D eigenvalue weighted by Crippen LogP contribution is -2.37. The molecule has 10 heteroatoms. The van der Waals surface area contributed by atoms with E-state index in [1.54, 1.807) is 60.7 Å². The van der Waals surface area contributed by atoms with Crippen molar-refractivity contribution in [2.24, 2.45) is 0 Å². The molecule has 39 heavy (non-hydrogen) atoms. The zero-order valence-corrected chi connectivity index (χ0v) is 22.7. The first-order valence-electron chi connectivity index (χ1n) is 12.0. The fraction of sp³-hybridized carbons (Fsp3) is 0.0690. The van der Waals surface area contributed by atoms with E-state index in [0.29, 0.717) is 43.2 Å².